The highest BCUT2D eigenvalue weighted by molar-refractivity contribution is 9.10. The van der Waals surface area contributed by atoms with E-state index < -0.39 is 5.82 Å². The Kier molecular flexibility index (Phi) is 3.91. The van der Waals surface area contributed by atoms with Gasteiger partial charge < -0.3 is 9.73 Å². The molecule has 0 spiro atoms. The normalized spacial score (nSPS) is 11.9. The number of nitrogens with one attached hydrogen (secondary N) is 1. The van der Waals surface area contributed by atoms with Crippen molar-refractivity contribution < 1.29 is 8.81 Å². The largest absolute Gasteiger partial charge is 0.452 e. The predicted octanol–water partition coefficient (Wildman–Crippen LogP) is 4.53. The summed E-state index contributed by atoms with van der Waals surface area (Å²) in [6.07, 6.45) is 0. The number of benzene rings is 1. The number of hydrogen-bond acceptors (Lipinski definition) is 3. The monoisotopic (exact) mass is 322 g/mol. The third-order valence-corrected chi connectivity index (χ3v) is 3.29. The van der Waals surface area contributed by atoms with E-state index in [1.165, 1.54) is 6.07 Å². The Bertz CT molecular complexity index is 645. The first-order valence-corrected chi connectivity index (χ1v) is 6.52. The number of halogens is 2. The molecule has 98 valence electrons. The number of hydrogen-bond donors (Lipinski definition) is 1. The molecule has 2 aromatic rings. The molecule has 0 amide bonds. The Balaban J connectivity index is 2.28. The van der Waals surface area contributed by atoms with Crippen molar-refractivity contribution in [2.75, 3.05) is 5.32 Å². The van der Waals surface area contributed by atoms with Crippen molar-refractivity contribution in [2.45, 2.75) is 19.9 Å². The van der Waals surface area contributed by atoms with E-state index in [2.05, 4.69) is 21.2 Å². The fourth-order valence-electron chi connectivity index (χ4n) is 1.76. The van der Waals surface area contributed by atoms with Gasteiger partial charge in [-0.2, -0.15) is 5.26 Å². The van der Waals surface area contributed by atoms with Crippen LogP contribution < -0.4 is 5.32 Å². The average Bonchev–Trinajstić information content (AvgIpc) is 2.81. The number of nitrogens with zero attached hydrogens (tertiary/aromatic N) is 1. The van der Waals surface area contributed by atoms with Crippen LogP contribution in [0, 0.1) is 24.1 Å². The van der Waals surface area contributed by atoms with Crippen LogP contribution in [0.3, 0.4) is 0 Å². The molecule has 1 unspecified atom stereocenters. The lowest BCUT2D eigenvalue weighted by Crippen LogP contribution is -2.08. The van der Waals surface area contributed by atoms with Crippen molar-refractivity contribution in [1.82, 2.24) is 0 Å². The molecule has 1 atom stereocenters. The first kappa shape index (κ1) is 13.6. The smallest absolute Gasteiger partial charge is 0.169 e. The third-order valence-electron chi connectivity index (χ3n) is 2.87. The lowest BCUT2D eigenvalue weighted by molar-refractivity contribution is 0.470. The topological polar surface area (TPSA) is 49.0 Å². The van der Waals surface area contributed by atoms with Crippen molar-refractivity contribution in [2.24, 2.45) is 0 Å². The third kappa shape index (κ3) is 2.96. The second-order valence-corrected chi connectivity index (χ2v) is 5.03. The van der Waals surface area contributed by atoms with Crippen LogP contribution in [0.2, 0.25) is 0 Å². The minimum atomic E-state index is -0.394. The van der Waals surface area contributed by atoms with E-state index in [4.69, 9.17) is 9.68 Å². The Labute approximate surface area is 119 Å². The first-order valence-electron chi connectivity index (χ1n) is 5.73. The number of nitriles is 1. The highest BCUT2D eigenvalue weighted by atomic mass is 79.9. The summed E-state index contributed by atoms with van der Waals surface area (Å²) >= 11 is 3.24. The van der Waals surface area contributed by atoms with Gasteiger partial charge >= 0.3 is 0 Å². The summed E-state index contributed by atoms with van der Waals surface area (Å²) in [4.78, 5) is 0. The summed E-state index contributed by atoms with van der Waals surface area (Å²) < 4.78 is 19.7. The van der Waals surface area contributed by atoms with Gasteiger partial charge in [-0.15, -0.1) is 0 Å². The van der Waals surface area contributed by atoms with Gasteiger partial charge in [0.2, 0.25) is 0 Å². The van der Waals surface area contributed by atoms with Crippen LogP contribution in [0.15, 0.2) is 33.4 Å². The second kappa shape index (κ2) is 5.45. The van der Waals surface area contributed by atoms with Gasteiger partial charge in [0, 0.05) is 11.3 Å². The van der Waals surface area contributed by atoms with Gasteiger partial charge in [0.25, 0.3) is 0 Å². The molecule has 0 aliphatic heterocycles. The lowest BCUT2D eigenvalue weighted by Gasteiger charge is -2.15. The molecule has 1 aromatic carbocycles. The Morgan fingerprint density at radius 3 is 2.74 bits per heavy atom. The SMILES string of the molecule is Cc1c(F)cc(C#N)cc1NC(C)c1ccc(Br)o1. The van der Waals surface area contributed by atoms with Crippen LogP contribution in [0.1, 0.15) is 29.9 Å². The molecule has 1 aromatic heterocycles. The van der Waals surface area contributed by atoms with Crippen molar-refractivity contribution >= 4 is 21.6 Å². The molecule has 3 nitrogen and oxygen atoms in total. The van der Waals surface area contributed by atoms with E-state index in [-0.39, 0.29) is 6.04 Å². The number of rotatable bonds is 3. The highest BCUT2D eigenvalue weighted by Crippen LogP contribution is 2.27. The maximum absolute atomic E-state index is 13.7. The summed E-state index contributed by atoms with van der Waals surface area (Å²) in [5, 5.41) is 12.0. The van der Waals surface area contributed by atoms with E-state index in [1.807, 2.05) is 19.1 Å². The number of furan rings is 1. The van der Waals surface area contributed by atoms with Gasteiger partial charge in [-0.05, 0) is 54.0 Å². The van der Waals surface area contributed by atoms with E-state index in [9.17, 15) is 4.39 Å². The maximum Gasteiger partial charge on any atom is 0.169 e. The van der Waals surface area contributed by atoms with E-state index in [1.54, 1.807) is 19.1 Å². The highest BCUT2D eigenvalue weighted by Gasteiger charge is 2.13. The summed E-state index contributed by atoms with van der Waals surface area (Å²) in [5.74, 6) is 0.336. The van der Waals surface area contributed by atoms with E-state index in [0.29, 0.717) is 21.5 Å². The van der Waals surface area contributed by atoms with Gasteiger partial charge in [0.05, 0.1) is 17.7 Å². The molecular formula is C14H12BrFN2O. The molecule has 0 saturated heterocycles. The molecule has 0 fully saturated rings. The Morgan fingerprint density at radius 1 is 1.42 bits per heavy atom. The first-order chi connectivity index (χ1) is 9.01. The minimum Gasteiger partial charge on any atom is -0.452 e. The average molecular weight is 323 g/mol. The predicted molar refractivity (Wildman–Crippen MR) is 74.3 cm³/mol. The fraction of sp³-hybridized carbons (Fsp3) is 0.214. The van der Waals surface area contributed by atoms with Crippen molar-refractivity contribution in [3.8, 4) is 6.07 Å². The summed E-state index contributed by atoms with van der Waals surface area (Å²) in [6.45, 7) is 3.57. The van der Waals surface area contributed by atoms with E-state index in [0.717, 1.165) is 5.76 Å². The molecule has 1 heterocycles. The summed E-state index contributed by atoms with van der Waals surface area (Å²) in [7, 11) is 0. The van der Waals surface area contributed by atoms with Crippen LogP contribution in [-0.4, -0.2) is 0 Å². The Morgan fingerprint density at radius 2 is 2.16 bits per heavy atom. The summed E-state index contributed by atoms with van der Waals surface area (Å²) in [6, 6.07) is 8.31. The molecule has 0 radical (unpaired) electrons. The zero-order valence-electron chi connectivity index (χ0n) is 10.5. The molecule has 0 saturated carbocycles. The van der Waals surface area contributed by atoms with Gasteiger partial charge in [-0.25, -0.2) is 4.39 Å². The standard InChI is InChI=1S/C14H12BrFN2O/c1-8-11(16)5-10(7-17)6-12(8)18-9(2)13-3-4-14(15)19-13/h3-6,9,18H,1-2H3. The summed E-state index contributed by atoms with van der Waals surface area (Å²) in [5.41, 5.74) is 1.37. The van der Waals surface area contributed by atoms with Crippen LogP contribution in [-0.2, 0) is 0 Å². The fourth-order valence-corrected chi connectivity index (χ4v) is 2.08. The van der Waals surface area contributed by atoms with Crippen molar-refractivity contribution in [1.29, 1.82) is 5.26 Å². The van der Waals surface area contributed by atoms with Crippen molar-refractivity contribution in [3.05, 3.63) is 51.6 Å². The quantitative estimate of drug-likeness (QED) is 0.902. The van der Waals surface area contributed by atoms with Gasteiger partial charge in [0.15, 0.2) is 4.67 Å². The molecule has 19 heavy (non-hydrogen) atoms. The van der Waals surface area contributed by atoms with Crippen LogP contribution in [0.25, 0.3) is 0 Å². The van der Waals surface area contributed by atoms with Gasteiger partial charge in [-0.1, -0.05) is 0 Å². The minimum absolute atomic E-state index is 0.127. The lowest BCUT2D eigenvalue weighted by atomic mass is 10.1. The van der Waals surface area contributed by atoms with Crippen LogP contribution in [0.5, 0.6) is 0 Å². The van der Waals surface area contributed by atoms with Crippen molar-refractivity contribution in [3.63, 3.8) is 0 Å². The van der Waals surface area contributed by atoms with Crippen LogP contribution in [0.4, 0.5) is 10.1 Å². The van der Waals surface area contributed by atoms with Gasteiger partial charge in [0.1, 0.15) is 11.6 Å². The molecule has 0 aliphatic rings. The zero-order valence-corrected chi connectivity index (χ0v) is 12.1. The second-order valence-electron chi connectivity index (χ2n) is 4.25. The van der Waals surface area contributed by atoms with Gasteiger partial charge in [-0.3, -0.25) is 0 Å². The number of anilines is 1. The maximum atomic E-state index is 13.7. The molecule has 0 bridgehead atoms. The zero-order chi connectivity index (χ0) is 14.0. The molecule has 2 rings (SSSR count). The van der Waals surface area contributed by atoms with Crippen LogP contribution >= 0.6 is 15.9 Å². The molecule has 5 heteroatoms. The Hall–Kier alpha value is -1.80. The van der Waals surface area contributed by atoms with E-state index >= 15 is 0 Å². The molecular weight excluding hydrogens is 311 g/mol. The molecule has 0 aliphatic carbocycles. The molecule has 1 N–H and O–H groups in total.